The van der Waals surface area contributed by atoms with E-state index in [0.717, 1.165) is 0 Å². The molecule has 1 heterocycles. The van der Waals surface area contributed by atoms with Crippen LogP contribution in [0.5, 0.6) is 0 Å². The molecule has 134 valence electrons. The molecule has 2 amide bonds. The molecule has 0 aromatic rings. The summed E-state index contributed by atoms with van der Waals surface area (Å²) in [6, 6.07) is 0. The number of aliphatic hydroxyl groups excluding tert-OH is 4. The summed E-state index contributed by atoms with van der Waals surface area (Å²) >= 11 is 0. The molecule has 0 spiro atoms. The Morgan fingerprint density at radius 3 is 2.17 bits per heavy atom. The predicted molar refractivity (Wildman–Crippen MR) is 75.8 cm³/mol. The van der Waals surface area contributed by atoms with Crippen LogP contribution in [0, 0.1) is 0 Å². The van der Waals surface area contributed by atoms with Gasteiger partial charge in [-0.2, -0.15) is 0 Å². The van der Waals surface area contributed by atoms with E-state index < -0.39 is 43.2 Å². The molecule has 5 atom stereocenters. The van der Waals surface area contributed by atoms with E-state index in [1.54, 1.807) is 0 Å². The monoisotopic (exact) mass is 336 g/mol. The molecular weight excluding hydrogens is 312 g/mol. The molecule has 1 fully saturated rings. The van der Waals surface area contributed by atoms with E-state index in [1.807, 2.05) is 5.43 Å². The summed E-state index contributed by atoms with van der Waals surface area (Å²) in [6.45, 7) is -0.555. The van der Waals surface area contributed by atoms with Crippen molar-refractivity contribution in [2.75, 3.05) is 6.61 Å². The lowest BCUT2D eigenvalue weighted by Crippen LogP contribution is -2.64. The molecular formula is C12H24N4O7. The topological polar surface area (TPSA) is 186 Å². The van der Waals surface area contributed by atoms with E-state index in [9.17, 15) is 24.9 Å². The Bertz CT molecular complexity index is 396. The van der Waals surface area contributed by atoms with Crippen LogP contribution in [-0.2, 0) is 14.3 Å². The number of nitrogens with one attached hydrogen (secondary N) is 3. The Hall–Kier alpha value is -1.34. The van der Waals surface area contributed by atoms with Crippen molar-refractivity contribution < 1.29 is 34.8 Å². The van der Waals surface area contributed by atoms with Gasteiger partial charge in [-0.1, -0.05) is 0 Å². The van der Waals surface area contributed by atoms with Crippen LogP contribution in [0.1, 0.15) is 25.7 Å². The highest BCUT2D eigenvalue weighted by Crippen LogP contribution is 2.19. The van der Waals surface area contributed by atoms with Crippen molar-refractivity contribution >= 4 is 11.8 Å². The quantitative estimate of drug-likeness (QED) is 0.0944. The first kappa shape index (κ1) is 19.7. The summed E-state index contributed by atoms with van der Waals surface area (Å²) in [4.78, 5) is 22.5. The van der Waals surface area contributed by atoms with Crippen molar-refractivity contribution in [2.24, 2.45) is 5.84 Å². The van der Waals surface area contributed by atoms with Gasteiger partial charge in [0.25, 0.3) is 0 Å². The van der Waals surface area contributed by atoms with Gasteiger partial charge < -0.3 is 25.2 Å². The van der Waals surface area contributed by atoms with E-state index in [-0.39, 0.29) is 18.7 Å². The summed E-state index contributed by atoms with van der Waals surface area (Å²) in [5, 5.41) is 38.0. The van der Waals surface area contributed by atoms with Gasteiger partial charge in [-0.05, 0) is 12.8 Å². The number of hydrogen-bond acceptors (Lipinski definition) is 9. The fraction of sp³-hybridized carbons (Fsp3) is 0.833. The summed E-state index contributed by atoms with van der Waals surface area (Å²) in [5.41, 5.74) is 6.67. The first-order chi connectivity index (χ1) is 10.9. The maximum Gasteiger partial charge on any atom is 0.234 e. The van der Waals surface area contributed by atoms with Crippen LogP contribution in [0.2, 0.25) is 0 Å². The average molecular weight is 336 g/mol. The molecule has 9 N–H and O–H groups in total. The molecule has 23 heavy (non-hydrogen) atoms. The second-order valence-electron chi connectivity index (χ2n) is 5.22. The van der Waals surface area contributed by atoms with Gasteiger partial charge in [-0.25, -0.2) is 11.3 Å². The lowest BCUT2D eigenvalue weighted by molar-refractivity contribution is -0.238. The molecule has 11 nitrogen and oxygen atoms in total. The number of hydrazine groups is 2. The van der Waals surface area contributed by atoms with Crippen LogP contribution in [0.3, 0.4) is 0 Å². The predicted octanol–water partition coefficient (Wildman–Crippen LogP) is -4.04. The van der Waals surface area contributed by atoms with E-state index in [1.165, 1.54) is 0 Å². The third-order valence-electron chi connectivity index (χ3n) is 3.46. The maximum atomic E-state index is 11.6. The van der Waals surface area contributed by atoms with Crippen molar-refractivity contribution in [1.82, 2.24) is 16.3 Å². The normalized spacial score (nSPS) is 30.7. The highest BCUT2D eigenvalue weighted by atomic mass is 16.6. The smallest absolute Gasteiger partial charge is 0.234 e. The van der Waals surface area contributed by atoms with Gasteiger partial charge in [0.1, 0.15) is 24.4 Å². The van der Waals surface area contributed by atoms with Crippen LogP contribution in [0.25, 0.3) is 0 Å². The summed E-state index contributed by atoms with van der Waals surface area (Å²) < 4.78 is 5.15. The van der Waals surface area contributed by atoms with Crippen LogP contribution in [0.4, 0.5) is 0 Å². The lowest BCUT2D eigenvalue weighted by Gasteiger charge is -2.40. The minimum absolute atomic E-state index is 0.127. The van der Waals surface area contributed by atoms with Gasteiger partial charge in [0.05, 0.1) is 6.61 Å². The zero-order chi connectivity index (χ0) is 17.4. The molecule has 0 aromatic heterocycles. The molecule has 0 unspecified atom stereocenters. The largest absolute Gasteiger partial charge is 0.394 e. The Kier molecular flexibility index (Phi) is 8.33. The molecule has 0 radical (unpaired) electrons. The van der Waals surface area contributed by atoms with Crippen molar-refractivity contribution in [2.45, 2.75) is 56.3 Å². The number of carbonyl (C=O) groups is 2. The molecule has 1 aliphatic heterocycles. The minimum Gasteiger partial charge on any atom is -0.394 e. The second-order valence-corrected chi connectivity index (χ2v) is 5.22. The van der Waals surface area contributed by atoms with Crippen molar-refractivity contribution in [3.8, 4) is 0 Å². The lowest BCUT2D eigenvalue weighted by atomic mass is 9.99. The summed E-state index contributed by atoms with van der Waals surface area (Å²) in [6.07, 6.45) is -5.43. The van der Waals surface area contributed by atoms with Crippen LogP contribution < -0.4 is 22.1 Å². The third-order valence-corrected chi connectivity index (χ3v) is 3.46. The first-order valence-corrected chi connectivity index (χ1v) is 7.25. The fourth-order valence-electron chi connectivity index (χ4n) is 2.08. The third kappa shape index (κ3) is 5.99. The fourth-order valence-corrected chi connectivity index (χ4v) is 2.08. The first-order valence-electron chi connectivity index (χ1n) is 7.25. The summed E-state index contributed by atoms with van der Waals surface area (Å²) in [5.74, 6) is 4.20. The average Bonchev–Trinajstić information content (AvgIpc) is 2.55. The number of hydrogen-bond donors (Lipinski definition) is 8. The molecule has 1 saturated heterocycles. The number of rotatable bonds is 8. The summed E-state index contributed by atoms with van der Waals surface area (Å²) in [7, 11) is 0. The Morgan fingerprint density at radius 2 is 1.61 bits per heavy atom. The van der Waals surface area contributed by atoms with Gasteiger partial charge >= 0.3 is 0 Å². The number of carbonyl (C=O) groups excluding carboxylic acids is 2. The van der Waals surface area contributed by atoms with Gasteiger partial charge in [-0.15, -0.1) is 0 Å². The van der Waals surface area contributed by atoms with E-state index in [2.05, 4.69) is 10.9 Å². The van der Waals surface area contributed by atoms with Gasteiger partial charge in [0, 0.05) is 12.8 Å². The number of aliphatic hydroxyl groups is 4. The number of unbranched alkanes of at least 4 members (excludes halogenated alkanes) is 1. The van der Waals surface area contributed by atoms with E-state index in [4.69, 9.17) is 15.7 Å². The Balaban J connectivity index is 2.30. The number of amides is 2. The second kappa shape index (κ2) is 9.72. The number of nitrogens with two attached hydrogens (primary N) is 1. The van der Waals surface area contributed by atoms with Gasteiger partial charge in [0.15, 0.2) is 6.23 Å². The Labute approximate surface area is 132 Å². The van der Waals surface area contributed by atoms with Gasteiger partial charge in [0.2, 0.25) is 11.8 Å². The highest BCUT2D eigenvalue weighted by Gasteiger charge is 2.43. The molecule has 1 rings (SSSR count). The molecule has 0 aromatic carbocycles. The standard InChI is InChI=1S/C12H24N4O7/c13-14-7(18)3-1-2-4-8(19)15-16-12-11(22)10(21)9(20)6(5-17)23-12/h6,9-12,16-17,20-22H,1-5,13H2,(H,14,18)(H,15,19)/t6-,9-,10+,11-,12-/m1/s1. The zero-order valence-corrected chi connectivity index (χ0v) is 12.5. The van der Waals surface area contributed by atoms with Crippen molar-refractivity contribution in [3.05, 3.63) is 0 Å². The van der Waals surface area contributed by atoms with Gasteiger partial charge in [-0.3, -0.25) is 20.4 Å². The van der Waals surface area contributed by atoms with Crippen LogP contribution >= 0.6 is 0 Å². The molecule has 0 aliphatic carbocycles. The maximum absolute atomic E-state index is 11.6. The van der Waals surface area contributed by atoms with Crippen LogP contribution in [0.15, 0.2) is 0 Å². The molecule has 1 aliphatic rings. The van der Waals surface area contributed by atoms with Crippen molar-refractivity contribution in [1.29, 1.82) is 0 Å². The Morgan fingerprint density at radius 1 is 1.00 bits per heavy atom. The minimum atomic E-state index is -1.52. The highest BCUT2D eigenvalue weighted by molar-refractivity contribution is 5.76. The van der Waals surface area contributed by atoms with E-state index >= 15 is 0 Å². The molecule has 11 heteroatoms. The van der Waals surface area contributed by atoms with Crippen LogP contribution in [-0.4, -0.2) is 69.5 Å². The number of ether oxygens (including phenoxy) is 1. The van der Waals surface area contributed by atoms with E-state index in [0.29, 0.717) is 12.8 Å². The zero-order valence-electron chi connectivity index (χ0n) is 12.5. The molecule has 0 saturated carbocycles. The SMILES string of the molecule is NNC(=O)CCCCC(=O)NN[C@@H]1O[C@H](CO)[C@@H](O)[C@H](O)[C@H]1O. The van der Waals surface area contributed by atoms with Crippen molar-refractivity contribution in [3.63, 3.8) is 0 Å². The molecule has 0 bridgehead atoms.